The Hall–Kier alpha value is -3.10. The van der Waals surface area contributed by atoms with Crippen LogP contribution in [0.5, 0.6) is 0 Å². The van der Waals surface area contributed by atoms with Gasteiger partial charge in [0.15, 0.2) is 0 Å². The molecular formula is C21H20N4O. The number of H-pyrrole nitrogens is 1. The van der Waals surface area contributed by atoms with Crippen molar-refractivity contribution >= 4 is 0 Å². The predicted molar refractivity (Wildman–Crippen MR) is 101 cm³/mol. The lowest BCUT2D eigenvalue weighted by molar-refractivity contribution is 0.280. The molecule has 0 radical (unpaired) electrons. The zero-order chi connectivity index (χ0) is 17.8. The first kappa shape index (κ1) is 16.4. The average molecular weight is 344 g/mol. The van der Waals surface area contributed by atoms with Crippen LogP contribution in [0.1, 0.15) is 22.5 Å². The van der Waals surface area contributed by atoms with Gasteiger partial charge in [0, 0.05) is 25.7 Å². The SMILES string of the molecule is O=c1c2c(ncn1Cc1ccccc1)CCN(CC#Cc1ccc[nH]1)C2. The lowest BCUT2D eigenvalue weighted by atomic mass is 10.1. The van der Waals surface area contributed by atoms with Crippen LogP contribution in [0.15, 0.2) is 59.8 Å². The van der Waals surface area contributed by atoms with Gasteiger partial charge in [-0.2, -0.15) is 0 Å². The van der Waals surface area contributed by atoms with E-state index in [2.05, 4.69) is 26.7 Å². The second-order valence-corrected chi connectivity index (χ2v) is 6.43. The quantitative estimate of drug-likeness (QED) is 0.740. The second-order valence-electron chi connectivity index (χ2n) is 6.43. The van der Waals surface area contributed by atoms with E-state index in [0.29, 0.717) is 19.6 Å². The van der Waals surface area contributed by atoms with Gasteiger partial charge in [0.05, 0.1) is 36.4 Å². The molecule has 0 spiro atoms. The van der Waals surface area contributed by atoms with Crippen molar-refractivity contribution in [3.8, 4) is 11.8 Å². The molecule has 0 bridgehead atoms. The summed E-state index contributed by atoms with van der Waals surface area (Å²) in [5.74, 6) is 6.29. The predicted octanol–water partition coefficient (Wildman–Crippen LogP) is 2.03. The topological polar surface area (TPSA) is 53.9 Å². The van der Waals surface area contributed by atoms with Crippen LogP contribution < -0.4 is 5.56 Å². The summed E-state index contributed by atoms with van der Waals surface area (Å²) < 4.78 is 1.70. The molecule has 0 aliphatic carbocycles. The minimum atomic E-state index is 0.0564. The van der Waals surface area contributed by atoms with Crippen molar-refractivity contribution in [2.75, 3.05) is 13.1 Å². The van der Waals surface area contributed by atoms with Gasteiger partial charge in [-0.3, -0.25) is 14.3 Å². The third-order valence-electron chi connectivity index (χ3n) is 4.59. The first-order valence-electron chi connectivity index (χ1n) is 8.75. The lowest BCUT2D eigenvalue weighted by Crippen LogP contribution is -2.38. The highest BCUT2D eigenvalue weighted by molar-refractivity contribution is 5.28. The Labute approximate surface area is 152 Å². The van der Waals surface area contributed by atoms with Crippen molar-refractivity contribution in [1.29, 1.82) is 0 Å². The molecule has 1 aliphatic heterocycles. The largest absolute Gasteiger partial charge is 0.355 e. The summed E-state index contributed by atoms with van der Waals surface area (Å²) >= 11 is 0. The summed E-state index contributed by atoms with van der Waals surface area (Å²) in [5.41, 5.74) is 3.79. The maximum Gasteiger partial charge on any atom is 0.258 e. The van der Waals surface area contributed by atoms with Gasteiger partial charge in [0.25, 0.3) is 5.56 Å². The zero-order valence-electron chi connectivity index (χ0n) is 14.5. The minimum absolute atomic E-state index is 0.0564. The van der Waals surface area contributed by atoms with Crippen LogP contribution in [-0.4, -0.2) is 32.5 Å². The van der Waals surface area contributed by atoms with Gasteiger partial charge in [-0.1, -0.05) is 36.3 Å². The highest BCUT2D eigenvalue weighted by Gasteiger charge is 2.20. The molecule has 0 saturated carbocycles. The van der Waals surface area contributed by atoms with E-state index in [0.717, 1.165) is 35.5 Å². The number of nitrogens with zero attached hydrogens (tertiary/aromatic N) is 3. The van der Waals surface area contributed by atoms with Crippen molar-refractivity contribution in [3.05, 3.63) is 87.9 Å². The molecule has 1 aromatic carbocycles. The van der Waals surface area contributed by atoms with Gasteiger partial charge >= 0.3 is 0 Å². The Kier molecular flexibility index (Phi) is 4.67. The summed E-state index contributed by atoms with van der Waals surface area (Å²) in [7, 11) is 0. The number of aromatic amines is 1. The highest BCUT2D eigenvalue weighted by Crippen LogP contribution is 2.13. The van der Waals surface area contributed by atoms with Crippen molar-refractivity contribution in [3.63, 3.8) is 0 Å². The molecule has 4 rings (SSSR count). The standard InChI is InChI=1S/C21H20N4O/c26-21-19-15-24(12-5-9-18-8-4-11-22-18)13-10-20(19)23-16-25(21)14-17-6-2-1-3-7-17/h1-4,6-8,11,16,22H,10,12-15H2. The fourth-order valence-electron chi connectivity index (χ4n) is 3.19. The van der Waals surface area contributed by atoms with Crippen LogP contribution >= 0.6 is 0 Å². The Morgan fingerprint density at radius 3 is 2.85 bits per heavy atom. The van der Waals surface area contributed by atoms with E-state index in [9.17, 15) is 4.79 Å². The Morgan fingerprint density at radius 1 is 1.15 bits per heavy atom. The Bertz CT molecular complexity index is 994. The Balaban J connectivity index is 1.50. The van der Waals surface area contributed by atoms with E-state index in [4.69, 9.17) is 0 Å². The normalized spacial score (nSPS) is 13.7. The van der Waals surface area contributed by atoms with E-state index in [-0.39, 0.29) is 5.56 Å². The number of aromatic nitrogens is 3. The molecule has 0 fully saturated rings. The fourth-order valence-corrected chi connectivity index (χ4v) is 3.19. The fraction of sp³-hybridized carbons (Fsp3) is 0.238. The smallest absolute Gasteiger partial charge is 0.258 e. The van der Waals surface area contributed by atoms with Crippen molar-refractivity contribution in [1.82, 2.24) is 19.4 Å². The molecule has 5 heteroatoms. The molecule has 3 aromatic rings. The molecule has 2 aromatic heterocycles. The third kappa shape index (κ3) is 3.61. The number of nitrogens with one attached hydrogen (secondary N) is 1. The maximum absolute atomic E-state index is 12.9. The Morgan fingerprint density at radius 2 is 2.04 bits per heavy atom. The minimum Gasteiger partial charge on any atom is -0.355 e. The van der Waals surface area contributed by atoms with Crippen LogP contribution in [0.2, 0.25) is 0 Å². The third-order valence-corrected chi connectivity index (χ3v) is 4.59. The molecule has 0 unspecified atom stereocenters. The average Bonchev–Trinajstić information content (AvgIpc) is 3.19. The first-order chi connectivity index (χ1) is 12.8. The van der Waals surface area contributed by atoms with Gasteiger partial charge in [0.2, 0.25) is 0 Å². The molecule has 1 N–H and O–H groups in total. The van der Waals surface area contributed by atoms with E-state index in [1.165, 1.54) is 0 Å². The number of benzene rings is 1. The van der Waals surface area contributed by atoms with Gasteiger partial charge in [0.1, 0.15) is 0 Å². The molecular weight excluding hydrogens is 324 g/mol. The zero-order valence-corrected chi connectivity index (χ0v) is 14.5. The van der Waals surface area contributed by atoms with Crippen LogP contribution in [-0.2, 0) is 19.5 Å². The van der Waals surface area contributed by atoms with Crippen molar-refractivity contribution in [2.24, 2.45) is 0 Å². The maximum atomic E-state index is 12.9. The molecule has 1 aliphatic rings. The van der Waals surface area contributed by atoms with E-state index in [1.807, 2.05) is 48.7 Å². The van der Waals surface area contributed by atoms with Crippen LogP contribution in [0, 0.1) is 11.8 Å². The molecule has 26 heavy (non-hydrogen) atoms. The number of hydrogen-bond acceptors (Lipinski definition) is 3. The van der Waals surface area contributed by atoms with Gasteiger partial charge < -0.3 is 4.98 Å². The number of rotatable bonds is 3. The van der Waals surface area contributed by atoms with E-state index in [1.54, 1.807) is 10.9 Å². The summed E-state index contributed by atoms with van der Waals surface area (Å²) in [5, 5.41) is 0. The van der Waals surface area contributed by atoms with Crippen LogP contribution in [0.25, 0.3) is 0 Å². The molecule has 0 atom stereocenters. The summed E-state index contributed by atoms with van der Waals surface area (Å²) in [6.07, 6.45) is 4.33. The van der Waals surface area contributed by atoms with Gasteiger partial charge in [-0.05, 0) is 23.6 Å². The molecule has 0 amide bonds. The lowest BCUT2D eigenvalue weighted by Gasteiger charge is -2.26. The van der Waals surface area contributed by atoms with Crippen molar-refractivity contribution in [2.45, 2.75) is 19.5 Å². The van der Waals surface area contributed by atoms with E-state index < -0.39 is 0 Å². The van der Waals surface area contributed by atoms with Crippen LogP contribution in [0.3, 0.4) is 0 Å². The molecule has 130 valence electrons. The second kappa shape index (κ2) is 7.42. The van der Waals surface area contributed by atoms with Gasteiger partial charge in [-0.15, -0.1) is 0 Å². The summed E-state index contributed by atoms with van der Waals surface area (Å²) in [6.45, 7) is 2.68. The van der Waals surface area contributed by atoms with Crippen LogP contribution in [0.4, 0.5) is 0 Å². The number of fused-ring (bicyclic) bond motifs is 1. The molecule has 0 saturated heterocycles. The van der Waals surface area contributed by atoms with Gasteiger partial charge in [-0.25, -0.2) is 4.98 Å². The highest BCUT2D eigenvalue weighted by atomic mass is 16.1. The molecule has 5 nitrogen and oxygen atoms in total. The monoisotopic (exact) mass is 344 g/mol. The van der Waals surface area contributed by atoms with Crippen molar-refractivity contribution < 1.29 is 0 Å². The molecule has 3 heterocycles. The number of hydrogen-bond donors (Lipinski definition) is 1. The summed E-state index contributed by atoms with van der Waals surface area (Å²) in [6, 6.07) is 13.9. The summed E-state index contributed by atoms with van der Waals surface area (Å²) in [4.78, 5) is 22.7. The first-order valence-corrected chi connectivity index (χ1v) is 8.75. The van der Waals surface area contributed by atoms with E-state index >= 15 is 0 Å².